The SMILES string of the molecule is O=S(=O)(Nc1ccc(B(O)O)cc1)c1cc(Cl)ccc1F. The second-order valence-corrected chi connectivity index (χ2v) is 6.26. The van der Waals surface area contributed by atoms with Crippen LogP contribution < -0.4 is 10.2 Å². The van der Waals surface area contributed by atoms with Gasteiger partial charge in [-0.1, -0.05) is 23.7 Å². The van der Waals surface area contributed by atoms with Gasteiger partial charge in [-0.2, -0.15) is 0 Å². The van der Waals surface area contributed by atoms with Crippen molar-refractivity contribution in [2.24, 2.45) is 0 Å². The molecule has 5 nitrogen and oxygen atoms in total. The molecule has 0 saturated carbocycles. The van der Waals surface area contributed by atoms with Gasteiger partial charge >= 0.3 is 7.12 Å². The first-order valence-electron chi connectivity index (χ1n) is 5.73. The van der Waals surface area contributed by atoms with Crippen molar-refractivity contribution in [1.29, 1.82) is 0 Å². The molecule has 0 heterocycles. The van der Waals surface area contributed by atoms with Crippen molar-refractivity contribution in [3.63, 3.8) is 0 Å². The quantitative estimate of drug-likeness (QED) is 0.729. The normalized spacial score (nSPS) is 11.2. The molecule has 0 aliphatic heterocycles. The molecule has 0 fully saturated rings. The summed E-state index contributed by atoms with van der Waals surface area (Å²) in [6.45, 7) is 0. The Bertz CT molecular complexity index is 752. The Morgan fingerprint density at radius 1 is 1.10 bits per heavy atom. The van der Waals surface area contributed by atoms with Crippen LogP contribution in [-0.2, 0) is 10.0 Å². The van der Waals surface area contributed by atoms with Gasteiger partial charge in [0.25, 0.3) is 10.0 Å². The maximum Gasteiger partial charge on any atom is 0.488 e. The number of nitrogens with one attached hydrogen (secondary N) is 1. The van der Waals surface area contributed by atoms with Crippen LogP contribution in [0.25, 0.3) is 0 Å². The number of sulfonamides is 1. The van der Waals surface area contributed by atoms with Gasteiger partial charge in [0.15, 0.2) is 0 Å². The molecule has 21 heavy (non-hydrogen) atoms. The van der Waals surface area contributed by atoms with Crippen LogP contribution in [0, 0.1) is 5.82 Å². The summed E-state index contributed by atoms with van der Waals surface area (Å²) in [4.78, 5) is -0.568. The van der Waals surface area contributed by atoms with E-state index in [1.165, 1.54) is 30.3 Å². The van der Waals surface area contributed by atoms with Crippen LogP contribution in [0.5, 0.6) is 0 Å². The molecule has 0 unspecified atom stereocenters. The van der Waals surface area contributed by atoms with Crippen molar-refractivity contribution in [2.45, 2.75) is 4.90 Å². The van der Waals surface area contributed by atoms with Gasteiger partial charge in [0, 0.05) is 10.7 Å². The third kappa shape index (κ3) is 3.73. The van der Waals surface area contributed by atoms with Crippen molar-refractivity contribution in [2.75, 3.05) is 4.72 Å². The number of anilines is 1. The Morgan fingerprint density at radius 2 is 1.71 bits per heavy atom. The van der Waals surface area contributed by atoms with Crippen molar-refractivity contribution >= 4 is 39.9 Å². The van der Waals surface area contributed by atoms with Gasteiger partial charge in [-0.15, -0.1) is 0 Å². The molecule has 2 rings (SSSR count). The van der Waals surface area contributed by atoms with Crippen LogP contribution in [-0.4, -0.2) is 25.6 Å². The molecule has 110 valence electrons. The van der Waals surface area contributed by atoms with E-state index in [1.54, 1.807) is 0 Å². The molecule has 0 amide bonds. The fraction of sp³-hybridized carbons (Fsp3) is 0. The maximum atomic E-state index is 13.6. The van der Waals surface area contributed by atoms with Crippen molar-refractivity contribution in [3.05, 3.63) is 53.3 Å². The van der Waals surface area contributed by atoms with E-state index in [4.69, 9.17) is 21.6 Å². The second kappa shape index (κ2) is 6.02. The zero-order chi connectivity index (χ0) is 15.6. The van der Waals surface area contributed by atoms with Crippen LogP contribution >= 0.6 is 11.6 Å². The van der Waals surface area contributed by atoms with Gasteiger partial charge < -0.3 is 10.0 Å². The highest BCUT2D eigenvalue weighted by Crippen LogP contribution is 2.22. The van der Waals surface area contributed by atoms with Crippen molar-refractivity contribution < 1.29 is 22.9 Å². The molecule has 0 atom stereocenters. The van der Waals surface area contributed by atoms with Gasteiger partial charge in [-0.25, -0.2) is 12.8 Å². The molecule has 0 bridgehead atoms. The number of hydrogen-bond donors (Lipinski definition) is 3. The van der Waals surface area contributed by atoms with E-state index in [1.807, 2.05) is 0 Å². The molecule has 0 radical (unpaired) electrons. The first-order chi connectivity index (χ1) is 9.79. The van der Waals surface area contributed by atoms with Crippen LogP contribution in [0.1, 0.15) is 0 Å². The number of benzene rings is 2. The highest BCUT2D eigenvalue weighted by molar-refractivity contribution is 7.92. The predicted octanol–water partition coefficient (Wildman–Crippen LogP) is 0.960. The van der Waals surface area contributed by atoms with Crippen LogP contribution in [0.2, 0.25) is 5.02 Å². The number of halogens is 2. The van der Waals surface area contributed by atoms with Crippen LogP contribution in [0.3, 0.4) is 0 Å². The molecular weight excluding hydrogens is 319 g/mol. The predicted molar refractivity (Wildman–Crippen MR) is 78.5 cm³/mol. The largest absolute Gasteiger partial charge is 0.488 e. The molecule has 2 aromatic carbocycles. The van der Waals surface area contributed by atoms with Crippen molar-refractivity contribution in [1.82, 2.24) is 0 Å². The van der Waals surface area contributed by atoms with E-state index in [2.05, 4.69) is 4.72 Å². The highest BCUT2D eigenvalue weighted by atomic mass is 35.5. The summed E-state index contributed by atoms with van der Waals surface area (Å²) in [7, 11) is -5.79. The molecule has 3 N–H and O–H groups in total. The fourth-order valence-corrected chi connectivity index (χ4v) is 3.02. The Hall–Kier alpha value is -1.61. The minimum atomic E-state index is -4.13. The van der Waals surface area contributed by atoms with Crippen molar-refractivity contribution in [3.8, 4) is 0 Å². The zero-order valence-electron chi connectivity index (χ0n) is 10.5. The summed E-state index contributed by atoms with van der Waals surface area (Å²) >= 11 is 5.67. The van der Waals surface area contributed by atoms with E-state index in [-0.39, 0.29) is 16.2 Å². The van der Waals surface area contributed by atoms with Gasteiger partial charge in [-0.3, -0.25) is 4.72 Å². The molecular formula is C12H10BClFNO4S. The molecule has 2 aromatic rings. The van der Waals surface area contributed by atoms with Gasteiger partial charge in [-0.05, 0) is 35.8 Å². The lowest BCUT2D eigenvalue weighted by molar-refractivity contribution is 0.426. The summed E-state index contributed by atoms with van der Waals surface area (Å²) < 4.78 is 39.9. The zero-order valence-corrected chi connectivity index (χ0v) is 12.1. The number of hydrogen-bond acceptors (Lipinski definition) is 4. The Balaban J connectivity index is 2.31. The molecule has 0 saturated heterocycles. The third-order valence-electron chi connectivity index (χ3n) is 2.64. The lowest BCUT2D eigenvalue weighted by atomic mass is 9.80. The average molecular weight is 330 g/mol. The molecule has 0 spiro atoms. The molecule has 9 heteroatoms. The molecule has 0 aromatic heterocycles. The van der Waals surface area contributed by atoms with Gasteiger partial charge in [0.1, 0.15) is 10.7 Å². The van der Waals surface area contributed by atoms with Gasteiger partial charge in [0.2, 0.25) is 0 Å². The summed E-state index contributed by atoms with van der Waals surface area (Å²) in [5, 5.41) is 18.0. The Morgan fingerprint density at radius 3 is 2.29 bits per heavy atom. The Labute approximate surface area is 126 Å². The highest BCUT2D eigenvalue weighted by Gasteiger charge is 2.20. The lowest BCUT2D eigenvalue weighted by Gasteiger charge is -2.10. The van der Waals surface area contributed by atoms with E-state index >= 15 is 0 Å². The average Bonchev–Trinajstić information content (AvgIpc) is 2.41. The monoisotopic (exact) mass is 329 g/mol. The minimum absolute atomic E-state index is 0.0931. The molecule has 0 aliphatic rings. The van der Waals surface area contributed by atoms with E-state index < -0.39 is 27.9 Å². The number of rotatable bonds is 4. The smallest absolute Gasteiger partial charge is 0.423 e. The first kappa shape index (κ1) is 15.8. The fourth-order valence-electron chi connectivity index (χ4n) is 1.62. The first-order valence-corrected chi connectivity index (χ1v) is 7.60. The second-order valence-electron chi connectivity index (χ2n) is 4.18. The lowest BCUT2D eigenvalue weighted by Crippen LogP contribution is -2.29. The van der Waals surface area contributed by atoms with Gasteiger partial charge in [0.05, 0.1) is 0 Å². The summed E-state index contributed by atoms with van der Waals surface area (Å²) in [6, 6.07) is 8.53. The summed E-state index contributed by atoms with van der Waals surface area (Å²) in [6.07, 6.45) is 0. The summed E-state index contributed by atoms with van der Waals surface area (Å²) in [5.41, 5.74) is 0.352. The van der Waals surface area contributed by atoms with Crippen LogP contribution in [0.15, 0.2) is 47.4 Å². The van der Waals surface area contributed by atoms with E-state index in [0.29, 0.717) is 0 Å². The van der Waals surface area contributed by atoms with E-state index in [9.17, 15) is 12.8 Å². The molecule has 0 aliphatic carbocycles. The Kier molecular flexibility index (Phi) is 4.53. The minimum Gasteiger partial charge on any atom is -0.423 e. The third-order valence-corrected chi connectivity index (χ3v) is 4.28. The topological polar surface area (TPSA) is 86.6 Å². The standard InChI is InChI=1S/C12H10BClFNO4S/c14-9-3-6-11(15)12(7-9)21(19,20)16-10-4-1-8(2-5-10)13(17)18/h1-7,16-18H. The van der Waals surface area contributed by atoms with E-state index in [0.717, 1.165) is 12.1 Å². The van der Waals surface area contributed by atoms with Crippen LogP contribution in [0.4, 0.5) is 10.1 Å². The maximum absolute atomic E-state index is 13.6. The summed E-state index contributed by atoms with van der Waals surface area (Å²) in [5.74, 6) is -0.922.